The molecule has 0 amide bonds. The number of allylic oxidation sites excluding steroid dienone is 1. The lowest BCUT2D eigenvalue weighted by atomic mass is 9.65. The maximum atomic E-state index is 13.5. The van der Waals surface area contributed by atoms with Gasteiger partial charge in [-0.2, -0.15) is 0 Å². The lowest BCUT2D eigenvalue weighted by Crippen LogP contribution is -2.38. The van der Waals surface area contributed by atoms with Gasteiger partial charge < -0.3 is 9.97 Å². The minimum Gasteiger partial charge on any atom is -0.306 e. The molecule has 2 N–H and O–H groups in total. The molecule has 1 fully saturated rings. The summed E-state index contributed by atoms with van der Waals surface area (Å²) in [5.74, 6) is 0.779. The van der Waals surface area contributed by atoms with Gasteiger partial charge in [-0.1, -0.05) is 31.5 Å². The van der Waals surface area contributed by atoms with Gasteiger partial charge in [0.15, 0.2) is 0 Å². The van der Waals surface area contributed by atoms with Crippen LogP contribution in [0.4, 0.5) is 4.39 Å². The van der Waals surface area contributed by atoms with E-state index >= 15 is 0 Å². The number of H-pyrrole nitrogens is 2. The minimum atomic E-state index is -0.203. The molecular weight excluding hydrogens is 389 g/mol. The van der Waals surface area contributed by atoms with Crippen molar-refractivity contribution in [2.45, 2.75) is 56.9 Å². The second kappa shape index (κ2) is 7.95. The number of aromatic nitrogens is 2. The summed E-state index contributed by atoms with van der Waals surface area (Å²) < 4.78 is 13.5. The van der Waals surface area contributed by atoms with E-state index in [2.05, 4.69) is 35.1 Å². The molecule has 31 heavy (non-hydrogen) atoms. The Morgan fingerprint density at radius 2 is 1.77 bits per heavy atom. The number of benzene rings is 2. The molecule has 1 saturated carbocycles. The average Bonchev–Trinajstić information content (AvgIpc) is 3.37. The van der Waals surface area contributed by atoms with Gasteiger partial charge in [0.1, 0.15) is 5.82 Å². The number of fused-ring (bicyclic) bond motifs is 1. The number of halogens is 1. The summed E-state index contributed by atoms with van der Waals surface area (Å²) >= 11 is 0. The van der Waals surface area contributed by atoms with E-state index in [1.807, 2.05) is 24.4 Å². The van der Waals surface area contributed by atoms with E-state index in [4.69, 9.17) is 4.99 Å². The van der Waals surface area contributed by atoms with E-state index in [0.717, 1.165) is 55.1 Å². The lowest BCUT2D eigenvalue weighted by Gasteiger charge is -2.42. The first kappa shape index (κ1) is 20.0. The van der Waals surface area contributed by atoms with Gasteiger partial charge in [-0.15, -0.1) is 0 Å². The molecule has 2 heterocycles. The van der Waals surface area contributed by atoms with Crippen molar-refractivity contribution >= 4 is 22.8 Å². The molecule has 2 aliphatic rings. The van der Waals surface area contributed by atoms with Crippen molar-refractivity contribution < 1.29 is 4.39 Å². The van der Waals surface area contributed by atoms with Crippen molar-refractivity contribution in [3.8, 4) is 0 Å². The fourth-order valence-corrected chi connectivity index (χ4v) is 5.75. The molecule has 5 heteroatoms. The fourth-order valence-electron chi connectivity index (χ4n) is 5.75. The van der Waals surface area contributed by atoms with Gasteiger partial charge in [0.2, 0.25) is 0 Å². The summed E-state index contributed by atoms with van der Waals surface area (Å²) in [4.78, 5) is 22.3. The number of nitrogens with zero attached hydrogens (tertiary/aromatic N) is 1. The Balaban J connectivity index is 1.38. The molecule has 1 atom stereocenters. The lowest BCUT2D eigenvalue weighted by molar-refractivity contribution is 0.232. The van der Waals surface area contributed by atoms with Crippen molar-refractivity contribution in [3.63, 3.8) is 0 Å². The third-order valence-corrected chi connectivity index (χ3v) is 7.21. The molecule has 0 spiro atoms. The Hall–Kier alpha value is -2.95. The predicted octanol–water partition coefficient (Wildman–Crippen LogP) is 5.98. The highest BCUT2D eigenvalue weighted by Crippen LogP contribution is 2.50. The Kier molecular flexibility index (Phi) is 5.12. The summed E-state index contributed by atoms with van der Waals surface area (Å²) in [6.07, 6.45) is 10.6. The smallest absolute Gasteiger partial charge is 0.306 e. The molecule has 1 aliphatic heterocycles. The maximum absolute atomic E-state index is 13.5. The molecule has 0 saturated heterocycles. The predicted molar refractivity (Wildman–Crippen MR) is 124 cm³/mol. The topological polar surface area (TPSA) is 61.0 Å². The number of nitrogens with one attached hydrogen (secondary N) is 2. The van der Waals surface area contributed by atoms with Crippen molar-refractivity contribution in [1.29, 1.82) is 0 Å². The number of aromatic amines is 2. The van der Waals surface area contributed by atoms with E-state index < -0.39 is 0 Å². The average molecular weight is 418 g/mol. The van der Waals surface area contributed by atoms with Crippen LogP contribution in [0.2, 0.25) is 0 Å². The van der Waals surface area contributed by atoms with Crippen molar-refractivity contribution in [2.24, 2.45) is 10.9 Å². The summed E-state index contributed by atoms with van der Waals surface area (Å²) in [6.45, 7) is 2.22. The van der Waals surface area contributed by atoms with Gasteiger partial charge in [0.25, 0.3) is 0 Å². The highest BCUT2D eigenvalue weighted by molar-refractivity contribution is 5.93. The van der Waals surface area contributed by atoms with Gasteiger partial charge in [-0.05, 0) is 91.0 Å². The van der Waals surface area contributed by atoms with Crippen molar-refractivity contribution in [1.82, 2.24) is 9.97 Å². The first-order chi connectivity index (χ1) is 15.1. The van der Waals surface area contributed by atoms with E-state index in [1.165, 1.54) is 11.1 Å². The number of aliphatic imine (C=N–C) groups is 1. The molecule has 0 radical (unpaired) electrons. The normalized spacial score (nSPS) is 25.8. The van der Waals surface area contributed by atoms with Crippen LogP contribution in [0.25, 0.3) is 16.6 Å². The van der Waals surface area contributed by atoms with Crippen LogP contribution in [-0.2, 0) is 0 Å². The quantitative estimate of drug-likeness (QED) is 0.527. The molecule has 2 aromatic carbocycles. The summed E-state index contributed by atoms with van der Waals surface area (Å²) in [5, 5.41) is 0. The van der Waals surface area contributed by atoms with Crippen LogP contribution < -0.4 is 5.69 Å². The zero-order valence-electron chi connectivity index (χ0n) is 17.8. The zero-order valence-corrected chi connectivity index (χ0v) is 17.8. The van der Waals surface area contributed by atoms with Crippen LogP contribution in [0.3, 0.4) is 0 Å². The second-order valence-electron chi connectivity index (χ2n) is 8.97. The number of rotatable bonds is 5. The van der Waals surface area contributed by atoms with Gasteiger partial charge in [0.05, 0.1) is 16.6 Å². The molecule has 160 valence electrons. The Morgan fingerprint density at radius 1 is 1.03 bits per heavy atom. The first-order valence-corrected chi connectivity index (χ1v) is 11.3. The van der Waals surface area contributed by atoms with Crippen LogP contribution in [0.1, 0.15) is 62.5 Å². The minimum absolute atomic E-state index is 0.156. The van der Waals surface area contributed by atoms with E-state index in [0.29, 0.717) is 11.8 Å². The van der Waals surface area contributed by atoms with Crippen molar-refractivity contribution in [2.75, 3.05) is 0 Å². The van der Waals surface area contributed by atoms with Crippen LogP contribution in [0, 0.1) is 11.7 Å². The molecular formula is C26H28FN3O. The van der Waals surface area contributed by atoms with Crippen LogP contribution in [0.5, 0.6) is 0 Å². The Labute approximate surface area is 181 Å². The SMILES string of the molecule is CCCC1(C2CCC(c3ccc4[nH]c(=O)[nH]c4c3)CC2)N=CC=C1c1ccc(F)cc1. The summed E-state index contributed by atoms with van der Waals surface area (Å²) in [7, 11) is 0. The molecule has 1 aromatic heterocycles. The maximum Gasteiger partial charge on any atom is 0.323 e. The monoisotopic (exact) mass is 417 g/mol. The number of imidazole rings is 1. The van der Waals surface area contributed by atoms with E-state index in [-0.39, 0.29) is 17.0 Å². The third-order valence-electron chi connectivity index (χ3n) is 7.21. The van der Waals surface area contributed by atoms with E-state index in [9.17, 15) is 9.18 Å². The zero-order chi connectivity index (χ0) is 21.4. The van der Waals surface area contributed by atoms with Gasteiger partial charge in [-0.3, -0.25) is 4.99 Å². The second-order valence-corrected chi connectivity index (χ2v) is 8.97. The Bertz CT molecular complexity index is 1200. The number of hydrogen-bond donors (Lipinski definition) is 2. The number of hydrogen-bond acceptors (Lipinski definition) is 2. The van der Waals surface area contributed by atoms with Gasteiger partial charge in [0, 0.05) is 6.21 Å². The molecule has 1 unspecified atom stereocenters. The fraction of sp³-hybridized carbons (Fsp3) is 0.385. The Morgan fingerprint density at radius 3 is 2.52 bits per heavy atom. The van der Waals surface area contributed by atoms with Gasteiger partial charge >= 0.3 is 5.69 Å². The first-order valence-electron chi connectivity index (χ1n) is 11.3. The summed E-state index contributed by atoms with van der Waals surface area (Å²) in [5.41, 5.74) is 5.01. The molecule has 0 bridgehead atoms. The van der Waals surface area contributed by atoms with Gasteiger partial charge in [-0.25, -0.2) is 9.18 Å². The van der Waals surface area contributed by atoms with Crippen LogP contribution >= 0.6 is 0 Å². The summed E-state index contributed by atoms with van der Waals surface area (Å²) in [6, 6.07) is 13.1. The molecule has 3 aromatic rings. The van der Waals surface area contributed by atoms with Crippen LogP contribution in [-0.4, -0.2) is 21.7 Å². The van der Waals surface area contributed by atoms with Crippen molar-refractivity contribution in [3.05, 3.63) is 76.0 Å². The largest absolute Gasteiger partial charge is 0.323 e. The van der Waals surface area contributed by atoms with E-state index in [1.54, 1.807) is 12.1 Å². The third kappa shape index (κ3) is 3.56. The standard InChI is InChI=1S/C26H28FN3O/c1-2-14-26(22(13-15-28-26)18-5-10-21(27)11-6-18)20-8-3-17(4-9-20)19-7-12-23-24(16-19)30-25(31)29-23/h5-7,10-13,15-17,20H,2-4,8-9,14H2,1H3,(H2,29,30,31). The highest BCUT2D eigenvalue weighted by Gasteiger charge is 2.44. The molecule has 5 rings (SSSR count). The van der Waals surface area contributed by atoms with Crippen LogP contribution in [0.15, 0.2) is 58.3 Å². The highest BCUT2D eigenvalue weighted by atomic mass is 19.1. The molecule has 4 nitrogen and oxygen atoms in total. The molecule has 1 aliphatic carbocycles.